The van der Waals surface area contributed by atoms with Gasteiger partial charge in [0.2, 0.25) is 0 Å². The summed E-state index contributed by atoms with van der Waals surface area (Å²) < 4.78 is 11.2. The van der Waals surface area contributed by atoms with Gasteiger partial charge in [-0.15, -0.1) is 0 Å². The molecular weight excluding hydrogens is 320 g/mol. The Hall–Kier alpha value is -2.76. The van der Waals surface area contributed by atoms with Gasteiger partial charge in [-0.05, 0) is 50.6 Å². The molecule has 6 nitrogen and oxygen atoms in total. The lowest BCUT2D eigenvalue weighted by Crippen LogP contribution is -2.38. The van der Waals surface area contributed by atoms with Crippen molar-refractivity contribution in [2.45, 2.75) is 27.3 Å². The third-order valence-corrected chi connectivity index (χ3v) is 4.30. The number of fused-ring (bicyclic) bond motifs is 1. The summed E-state index contributed by atoms with van der Waals surface area (Å²) in [5.41, 5.74) is 1.79. The van der Waals surface area contributed by atoms with Crippen LogP contribution in [0, 0.1) is 6.92 Å². The summed E-state index contributed by atoms with van der Waals surface area (Å²) in [6.07, 6.45) is 0. The molecule has 1 aromatic heterocycles. The Labute approximate surface area is 147 Å². The molecule has 0 saturated heterocycles. The summed E-state index contributed by atoms with van der Waals surface area (Å²) >= 11 is 0. The maximum Gasteiger partial charge on any atom is 0.289 e. The maximum atomic E-state index is 12.3. The van der Waals surface area contributed by atoms with Gasteiger partial charge in [-0.25, -0.2) is 0 Å². The Morgan fingerprint density at radius 3 is 2.68 bits per heavy atom. The number of benzene rings is 1. The van der Waals surface area contributed by atoms with Crippen LogP contribution in [0.5, 0.6) is 5.75 Å². The van der Waals surface area contributed by atoms with E-state index in [1.807, 2.05) is 39.0 Å². The fraction of sp³-hybridized carbons (Fsp3) is 0.368. The van der Waals surface area contributed by atoms with E-state index in [9.17, 15) is 9.59 Å². The Balaban J connectivity index is 1.82. The molecule has 25 heavy (non-hydrogen) atoms. The van der Waals surface area contributed by atoms with Gasteiger partial charge in [0.1, 0.15) is 11.5 Å². The second-order valence-electron chi connectivity index (χ2n) is 5.98. The largest absolute Gasteiger partial charge is 0.482 e. The van der Waals surface area contributed by atoms with Gasteiger partial charge in [0.25, 0.3) is 11.8 Å². The lowest BCUT2D eigenvalue weighted by molar-refractivity contribution is -0.121. The molecule has 0 fully saturated rings. The monoisotopic (exact) mass is 342 g/mol. The van der Waals surface area contributed by atoms with E-state index in [0.29, 0.717) is 30.4 Å². The minimum Gasteiger partial charge on any atom is -0.482 e. The lowest BCUT2D eigenvalue weighted by Gasteiger charge is -2.29. The summed E-state index contributed by atoms with van der Waals surface area (Å²) in [6, 6.07) is 9.12. The molecule has 0 radical (unpaired) electrons. The quantitative estimate of drug-likeness (QED) is 0.838. The normalized spacial score (nSPS) is 13.4. The highest BCUT2D eigenvalue weighted by atomic mass is 16.5. The zero-order valence-electron chi connectivity index (χ0n) is 14.7. The number of carbonyl (C=O) groups excluding carboxylic acids is 2. The van der Waals surface area contributed by atoms with E-state index in [2.05, 4.69) is 0 Å². The second kappa shape index (κ2) is 7.01. The van der Waals surface area contributed by atoms with Crippen molar-refractivity contribution in [2.24, 2.45) is 0 Å². The third kappa shape index (κ3) is 3.38. The molecule has 1 aliphatic rings. The van der Waals surface area contributed by atoms with Crippen LogP contribution in [-0.2, 0) is 11.3 Å². The first-order valence-corrected chi connectivity index (χ1v) is 8.45. The van der Waals surface area contributed by atoms with Crippen molar-refractivity contribution in [2.75, 3.05) is 24.6 Å². The average Bonchev–Trinajstić information content (AvgIpc) is 3.07. The Bertz CT molecular complexity index is 792. The summed E-state index contributed by atoms with van der Waals surface area (Å²) in [6.45, 7) is 7.35. The molecule has 0 aliphatic carbocycles. The topological polar surface area (TPSA) is 63.0 Å². The van der Waals surface area contributed by atoms with Crippen molar-refractivity contribution in [1.82, 2.24) is 4.90 Å². The molecular formula is C19H22N2O4. The summed E-state index contributed by atoms with van der Waals surface area (Å²) in [7, 11) is 0. The van der Waals surface area contributed by atoms with Gasteiger partial charge < -0.3 is 14.1 Å². The van der Waals surface area contributed by atoms with E-state index in [0.717, 1.165) is 11.3 Å². The van der Waals surface area contributed by atoms with Crippen molar-refractivity contribution >= 4 is 17.5 Å². The molecule has 1 aliphatic heterocycles. The first-order chi connectivity index (χ1) is 12.0. The zero-order chi connectivity index (χ0) is 18.0. The number of furan rings is 1. The number of ether oxygens (including phenoxy) is 1. The predicted octanol–water partition coefficient (Wildman–Crippen LogP) is 3.00. The average molecular weight is 342 g/mol. The van der Waals surface area contributed by atoms with Gasteiger partial charge in [-0.3, -0.25) is 14.5 Å². The third-order valence-electron chi connectivity index (χ3n) is 4.30. The highest BCUT2D eigenvalue weighted by Crippen LogP contribution is 2.34. The van der Waals surface area contributed by atoms with Crippen LogP contribution >= 0.6 is 0 Å². The smallest absolute Gasteiger partial charge is 0.289 e. The molecule has 0 N–H and O–H groups in total. The Morgan fingerprint density at radius 1 is 1.20 bits per heavy atom. The molecule has 0 unspecified atom stereocenters. The number of carbonyl (C=O) groups is 2. The molecule has 3 rings (SSSR count). The van der Waals surface area contributed by atoms with Gasteiger partial charge >= 0.3 is 0 Å². The first-order valence-electron chi connectivity index (χ1n) is 8.45. The van der Waals surface area contributed by atoms with E-state index in [1.165, 1.54) is 0 Å². The molecule has 2 heterocycles. The number of nitrogens with zero attached hydrogens (tertiary/aromatic N) is 2. The number of amides is 2. The summed E-state index contributed by atoms with van der Waals surface area (Å²) in [5, 5.41) is 0. The highest BCUT2D eigenvalue weighted by Gasteiger charge is 2.27. The fourth-order valence-corrected chi connectivity index (χ4v) is 2.89. The molecule has 2 amide bonds. The summed E-state index contributed by atoms with van der Waals surface area (Å²) in [5.74, 6) is 1.27. The second-order valence-corrected chi connectivity index (χ2v) is 5.98. The number of anilines is 1. The van der Waals surface area contributed by atoms with Gasteiger partial charge in [0, 0.05) is 13.1 Å². The molecule has 0 spiro atoms. The molecule has 2 aromatic rings. The lowest BCUT2D eigenvalue weighted by atomic mass is 10.1. The van der Waals surface area contributed by atoms with Gasteiger partial charge in [-0.1, -0.05) is 6.07 Å². The Morgan fingerprint density at radius 2 is 1.96 bits per heavy atom. The van der Waals surface area contributed by atoms with Crippen LogP contribution in [0.4, 0.5) is 5.69 Å². The number of hydrogen-bond donors (Lipinski definition) is 0. The van der Waals surface area contributed by atoms with Crippen molar-refractivity contribution in [3.8, 4) is 5.75 Å². The first kappa shape index (κ1) is 17.1. The molecule has 0 bridgehead atoms. The van der Waals surface area contributed by atoms with E-state index < -0.39 is 0 Å². The van der Waals surface area contributed by atoms with Crippen LogP contribution in [0.2, 0.25) is 0 Å². The minimum atomic E-state index is -0.138. The standard InChI is InChI=1S/C19H22N2O4/c1-4-20(5-2)19(23)16-9-7-14(25-16)11-21-15-8-6-13(3)10-17(15)24-12-18(21)22/h6-10H,4-5,11-12H2,1-3H3. The SMILES string of the molecule is CCN(CC)C(=O)c1ccc(CN2C(=O)COc3cc(C)ccc32)o1. The molecule has 132 valence electrons. The van der Waals surface area contributed by atoms with Crippen LogP contribution in [0.1, 0.15) is 35.7 Å². The molecule has 0 atom stereocenters. The number of aryl methyl sites for hydroxylation is 1. The van der Waals surface area contributed by atoms with Crippen LogP contribution < -0.4 is 9.64 Å². The van der Waals surface area contributed by atoms with Crippen LogP contribution in [0.3, 0.4) is 0 Å². The predicted molar refractivity (Wildman–Crippen MR) is 93.8 cm³/mol. The summed E-state index contributed by atoms with van der Waals surface area (Å²) in [4.78, 5) is 27.9. The number of hydrogen-bond acceptors (Lipinski definition) is 4. The molecule has 0 saturated carbocycles. The van der Waals surface area contributed by atoms with Crippen molar-refractivity contribution in [3.05, 3.63) is 47.4 Å². The van der Waals surface area contributed by atoms with Gasteiger partial charge in [-0.2, -0.15) is 0 Å². The minimum absolute atomic E-state index is 0.00238. The molecule has 6 heteroatoms. The van der Waals surface area contributed by atoms with Crippen LogP contribution in [0.25, 0.3) is 0 Å². The van der Waals surface area contributed by atoms with Gasteiger partial charge in [0.15, 0.2) is 12.4 Å². The fourth-order valence-electron chi connectivity index (χ4n) is 2.89. The maximum absolute atomic E-state index is 12.3. The van der Waals surface area contributed by atoms with E-state index in [-0.39, 0.29) is 25.0 Å². The molecule has 1 aromatic carbocycles. The Kier molecular flexibility index (Phi) is 4.79. The van der Waals surface area contributed by atoms with Crippen LogP contribution in [0.15, 0.2) is 34.7 Å². The van der Waals surface area contributed by atoms with Crippen molar-refractivity contribution < 1.29 is 18.7 Å². The van der Waals surface area contributed by atoms with E-state index in [4.69, 9.17) is 9.15 Å². The van der Waals surface area contributed by atoms with E-state index in [1.54, 1.807) is 21.9 Å². The van der Waals surface area contributed by atoms with Crippen molar-refractivity contribution in [1.29, 1.82) is 0 Å². The van der Waals surface area contributed by atoms with E-state index >= 15 is 0 Å². The van der Waals surface area contributed by atoms with Crippen molar-refractivity contribution in [3.63, 3.8) is 0 Å². The zero-order valence-corrected chi connectivity index (χ0v) is 14.7. The van der Waals surface area contributed by atoms with Crippen LogP contribution in [-0.4, -0.2) is 36.4 Å². The highest BCUT2D eigenvalue weighted by molar-refractivity contribution is 5.97. The van der Waals surface area contributed by atoms with Gasteiger partial charge in [0.05, 0.1) is 12.2 Å². The number of rotatable bonds is 5.